The van der Waals surface area contributed by atoms with Crippen LogP contribution in [0.4, 0.5) is 0 Å². The van der Waals surface area contributed by atoms with Crippen LogP contribution >= 0.6 is 0 Å². The molecule has 0 spiro atoms. The van der Waals surface area contributed by atoms with Crippen LogP contribution in [-0.2, 0) is 10.8 Å². The van der Waals surface area contributed by atoms with E-state index in [9.17, 15) is 5.11 Å². The van der Waals surface area contributed by atoms with Crippen LogP contribution in [-0.4, -0.2) is 19.6 Å². The largest absolute Gasteiger partial charge is 0.507 e. The topological polar surface area (TPSA) is 50.9 Å². The number of para-hydroxylation sites is 1. The smallest absolute Gasteiger partial charge is 0.149 e. The van der Waals surface area contributed by atoms with E-state index in [-0.39, 0.29) is 23.2 Å². The predicted molar refractivity (Wildman–Crippen MR) is 288 cm³/mol. The summed E-state index contributed by atoms with van der Waals surface area (Å²) in [4.78, 5) is 10.2. The molecule has 4 nitrogen and oxygen atoms in total. The molecule has 1 N–H and O–H groups in total. The highest BCUT2D eigenvalue weighted by atomic mass is 16.3. The van der Waals surface area contributed by atoms with E-state index < -0.39 is 74.4 Å². The van der Waals surface area contributed by atoms with Crippen molar-refractivity contribution in [3.63, 3.8) is 0 Å². The van der Waals surface area contributed by atoms with Crippen LogP contribution in [0.25, 0.3) is 83.9 Å². The zero-order valence-corrected chi connectivity index (χ0v) is 39.0. The lowest BCUT2D eigenvalue weighted by molar-refractivity contribution is 0.446. The van der Waals surface area contributed by atoms with Gasteiger partial charge in [0.15, 0.2) is 0 Å². The van der Waals surface area contributed by atoms with Gasteiger partial charge >= 0.3 is 0 Å². The van der Waals surface area contributed by atoms with Crippen molar-refractivity contribution in [1.82, 2.24) is 14.5 Å². The Bertz CT molecular complexity index is 3900. The maximum Gasteiger partial charge on any atom is 0.149 e. The van der Waals surface area contributed by atoms with E-state index >= 15 is 0 Å². The summed E-state index contributed by atoms with van der Waals surface area (Å²) in [5.74, 6) is -2.36. The molecule has 2 heterocycles. The zero-order valence-electron chi connectivity index (χ0n) is 57.0. The van der Waals surface area contributed by atoms with Crippen LogP contribution in [0.3, 0.4) is 0 Å². The van der Waals surface area contributed by atoms with E-state index in [1.165, 1.54) is 0 Å². The fraction of sp³-hybridized carbons (Fsp3) is 0.250. The summed E-state index contributed by atoms with van der Waals surface area (Å²) in [5, 5.41) is 13.2. The minimum absolute atomic E-state index is 0.196. The molecule has 342 valence electrons. The van der Waals surface area contributed by atoms with Crippen molar-refractivity contribution in [2.24, 2.45) is 0 Å². The van der Waals surface area contributed by atoms with Gasteiger partial charge in [0.05, 0.1) is 28.0 Å². The minimum atomic E-state index is -4.14. The number of hydrogen-bond acceptors (Lipinski definition) is 3. The molecular weight excluding hydrogens is 827 g/mol. The summed E-state index contributed by atoms with van der Waals surface area (Å²) in [6.45, 7) is -12.7. The number of hydrogen-bond donors (Lipinski definition) is 1. The van der Waals surface area contributed by atoms with E-state index in [4.69, 9.17) is 34.6 Å². The first-order valence-electron chi connectivity index (χ1n) is 31.8. The van der Waals surface area contributed by atoms with E-state index in [1.807, 2.05) is 163 Å². The molecule has 0 aliphatic heterocycles. The molecular formula is C64H65N3O. The number of phenols is 1. The Kier molecular flexibility index (Phi) is 7.62. The molecule has 0 saturated carbocycles. The molecule has 68 heavy (non-hydrogen) atoms. The Morgan fingerprint density at radius 2 is 1.10 bits per heavy atom. The van der Waals surface area contributed by atoms with Gasteiger partial charge < -0.3 is 5.11 Å². The quantitative estimate of drug-likeness (QED) is 0.157. The van der Waals surface area contributed by atoms with Crippen molar-refractivity contribution in [3.8, 4) is 78.6 Å². The zero-order chi connectivity index (χ0) is 63.2. The first-order valence-corrected chi connectivity index (χ1v) is 22.8. The number of aryl methyl sites for hydroxylation is 2. The van der Waals surface area contributed by atoms with Gasteiger partial charge in [-0.15, -0.1) is 0 Å². The first kappa shape index (κ1) is 29.0. The molecule has 0 atom stereocenters. The minimum Gasteiger partial charge on any atom is -0.507 e. The van der Waals surface area contributed by atoms with Gasteiger partial charge in [-0.2, -0.15) is 0 Å². The number of benzene rings is 7. The van der Waals surface area contributed by atoms with Gasteiger partial charge in [-0.05, 0) is 158 Å². The highest BCUT2D eigenvalue weighted by Crippen LogP contribution is 2.47. The molecule has 0 fully saturated rings. The maximum absolute atomic E-state index is 13.2. The van der Waals surface area contributed by atoms with Gasteiger partial charge in [-0.25, -0.2) is 4.98 Å². The molecule has 0 aliphatic carbocycles. The second kappa shape index (κ2) is 17.9. The lowest BCUT2D eigenvalue weighted by Crippen LogP contribution is -2.17. The summed E-state index contributed by atoms with van der Waals surface area (Å²) in [7, 11) is 0. The maximum atomic E-state index is 13.2. The Balaban J connectivity index is 1.52. The summed E-state index contributed by atoms with van der Waals surface area (Å²) < 4.78 is 161. The van der Waals surface area contributed by atoms with Crippen LogP contribution in [0.1, 0.15) is 139 Å². The Hall–Kier alpha value is -7.04. The summed E-state index contributed by atoms with van der Waals surface area (Å²) in [5.41, 5.74) is 0.540. The number of fused-ring (bicyclic) bond motifs is 1. The Labute approximate surface area is 429 Å². The van der Waals surface area contributed by atoms with Crippen molar-refractivity contribution >= 4 is 11.0 Å². The molecule has 0 bridgehead atoms. The van der Waals surface area contributed by atoms with E-state index in [0.29, 0.717) is 50.8 Å². The molecule has 0 unspecified atom stereocenters. The average Bonchev–Trinajstić information content (AvgIpc) is 0.884. The van der Waals surface area contributed by atoms with Crippen molar-refractivity contribution in [3.05, 3.63) is 191 Å². The summed E-state index contributed by atoms with van der Waals surface area (Å²) in [6, 6.07) is 45.5. The molecule has 0 aliphatic rings. The lowest BCUT2D eigenvalue weighted by atomic mass is 9.78. The van der Waals surface area contributed by atoms with E-state index in [0.717, 1.165) is 50.6 Å². The molecule has 7 aromatic carbocycles. The monoisotopic (exact) mass is 910 g/mol. The number of imidazole rings is 1. The summed E-state index contributed by atoms with van der Waals surface area (Å²) >= 11 is 0. The third-order valence-electron chi connectivity index (χ3n) is 12.8. The van der Waals surface area contributed by atoms with Crippen molar-refractivity contribution in [1.29, 1.82) is 0 Å². The van der Waals surface area contributed by atoms with E-state index in [1.54, 1.807) is 29.0 Å². The van der Waals surface area contributed by atoms with Gasteiger partial charge in [-0.1, -0.05) is 166 Å². The third-order valence-corrected chi connectivity index (χ3v) is 12.8. The van der Waals surface area contributed by atoms with Crippen molar-refractivity contribution in [2.45, 2.75) is 105 Å². The molecule has 0 radical (unpaired) electrons. The fourth-order valence-corrected chi connectivity index (χ4v) is 9.40. The van der Waals surface area contributed by atoms with Gasteiger partial charge in [-0.3, -0.25) is 9.55 Å². The predicted octanol–water partition coefficient (Wildman–Crippen LogP) is 17.6. The number of aromatic hydroxyl groups is 1. The number of pyridine rings is 1. The van der Waals surface area contributed by atoms with Crippen molar-refractivity contribution in [2.75, 3.05) is 0 Å². The van der Waals surface area contributed by atoms with Gasteiger partial charge in [0.2, 0.25) is 0 Å². The number of aromatic nitrogens is 3. The normalized spacial score (nSPS) is 17.2. The standard InChI is InChI=1S/C64H65N3O/c1-39(2)52-34-47(44-25-17-14-18-26-44)35-53(40(3)4)60(52)67-57-28-20-27-51(59(57)66-62(67)54-37-50(63(7,8)9)38-55(61(54)68)64(10,11)12)48-31-46(43-23-15-13-16-24-43)32-49(33-48)56-36-45(29-30-65-56)58-41(5)21-19-22-42(58)6/h13-40,68H,1-12H3/i7D3,8D3,9D3,10D3,11D3,12D3. The number of rotatable bonds is 9. The van der Waals surface area contributed by atoms with Crippen LogP contribution in [0.2, 0.25) is 0 Å². The van der Waals surface area contributed by atoms with Crippen LogP contribution < -0.4 is 0 Å². The fourth-order valence-electron chi connectivity index (χ4n) is 9.40. The summed E-state index contributed by atoms with van der Waals surface area (Å²) in [6.07, 6.45) is 1.75. The SMILES string of the molecule is [2H]C([2H])([2H])C(c1cc(-c2nc3c(-c4cc(-c5ccccc5)cc(-c5cc(-c6c(C)cccc6C)ccn5)c4)cccc3n2-c2c(C(C)C)cc(-c3ccccc3)cc2C(C)C)c(O)c(C(C([2H])([2H])[2H])(C([2H])([2H])[2H])C([2H])([2H])[2H])c1)(C([2H])([2H])[2H])C([2H])([2H])[2H]. The number of nitrogens with zero attached hydrogens (tertiary/aromatic N) is 3. The molecule has 0 amide bonds. The first-order chi connectivity index (χ1) is 39.9. The third kappa shape index (κ3) is 8.69. The van der Waals surface area contributed by atoms with Crippen molar-refractivity contribution < 1.29 is 29.8 Å². The molecule has 4 heteroatoms. The molecule has 9 rings (SSSR count). The van der Waals surface area contributed by atoms with Crippen LogP contribution in [0.5, 0.6) is 5.75 Å². The lowest BCUT2D eigenvalue weighted by Gasteiger charge is -2.28. The average molecular weight is 910 g/mol. The number of phenolic OH excluding ortho intramolecular Hbond substituents is 1. The molecule has 0 saturated heterocycles. The Morgan fingerprint density at radius 1 is 0.529 bits per heavy atom. The molecule has 2 aromatic heterocycles. The second-order valence-electron chi connectivity index (χ2n) is 18.4. The second-order valence-corrected chi connectivity index (χ2v) is 18.4. The highest BCUT2D eigenvalue weighted by Gasteiger charge is 2.31. The van der Waals surface area contributed by atoms with Crippen LogP contribution in [0.15, 0.2) is 158 Å². The highest BCUT2D eigenvalue weighted by molar-refractivity contribution is 5.98. The molecule has 9 aromatic rings. The van der Waals surface area contributed by atoms with Gasteiger partial charge in [0.1, 0.15) is 11.6 Å². The Morgan fingerprint density at radius 3 is 1.71 bits per heavy atom. The van der Waals surface area contributed by atoms with Crippen LogP contribution in [0, 0.1) is 13.8 Å². The van der Waals surface area contributed by atoms with E-state index in [2.05, 4.69) is 0 Å². The van der Waals surface area contributed by atoms with Gasteiger partial charge in [0.25, 0.3) is 0 Å². The van der Waals surface area contributed by atoms with Gasteiger partial charge in [0, 0.05) is 47.6 Å².